The maximum Gasteiger partial charge on any atom is 0.205 e. The topological polar surface area (TPSA) is 51.1 Å². The van der Waals surface area contributed by atoms with E-state index in [9.17, 15) is 4.79 Å². The molecule has 0 amide bonds. The Morgan fingerprint density at radius 3 is 2.63 bits per heavy atom. The highest BCUT2D eigenvalue weighted by molar-refractivity contribution is 6.30. The second kappa shape index (κ2) is 6.74. The number of carbonyl (C=O) groups is 1. The largest absolute Gasteiger partial charge is 0.497 e. The molecule has 1 fully saturated rings. The summed E-state index contributed by atoms with van der Waals surface area (Å²) in [6.45, 7) is 4.26. The van der Waals surface area contributed by atoms with Crippen LogP contribution < -0.4 is 9.47 Å². The molecule has 2 aromatic rings. The number of hydrogen-bond donors (Lipinski definition) is 0. The van der Waals surface area contributed by atoms with Crippen molar-refractivity contribution >= 4 is 23.1 Å². The number of benzene rings is 2. The summed E-state index contributed by atoms with van der Waals surface area (Å²) in [5.74, 6) is 1.83. The van der Waals surface area contributed by atoms with Gasteiger partial charge in [0.25, 0.3) is 0 Å². The van der Waals surface area contributed by atoms with Gasteiger partial charge < -0.3 is 9.47 Å². The van der Waals surface area contributed by atoms with E-state index in [-0.39, 0.29) is 17.2 Å². The van der Waals surface area contributed by atoms with E-state index in [0.29, 0.717) is 17.9 Å². The molecule has 0 radical (unpaired) electrons. The molecule has 156 valence electrons. The van der Waals surface area contributed by atoms with Crippen LogP contribution in [-0.2, 0) is 4.79 Å². The molecule has 5 nitrogen and oxygen atoms in total. The van der Waals surface area contributed by atoms with Crippen molar-refractivity contribution in [2.45, 2.75) is 51.3 Å². The number of hydrazone groups is 1. The maximum absolute atomic E-state index is 12.7. The highest BCUT2D eigenvalue weighted by Crippen LogP contribution is 2.54. The van der Waals surface area contributed by atoms with E-state index >= 15 is 0 Å². The first-order chi connectivity index (χ1) is 14.3. The first-order valence-electron chi connectivity index (χ1n) is 10.3. The fourth-order valence-corrected chi connectivity index (χ4v) is 5.40. The SMILES string of the molecule is COc1ccc(C2=NN3C(C2)c2cc(Cl)ccc2OC32CC(=O)CC(C)(C)C2)cc1. The number of carbonyl (C=O) groups excluding carboxylic acids is 1. The van der Waals surface area contributed by atoms with Gasteiger partial charge in [-0.25, -0.2) is 5.01 Å². The van der Waals surface area contributed by atoms with Crippen LogP contribution in [0.1, 0.15) is 56.7 Å². The molecule has 0 bridgehead atoms. The number of methoxy groups -OCH3 is 1. The van der Waals surface area contributed by atoms with E-state index in [1.54, 1.807) is 7.11 Å². The Kier molecular flexibility index (Phi) is 4.37. The van der Waals surface area contributed by atoms with Gasteiger partial charge in [0, 0.05) is 29.8 Å². The Labute approximate surface area is 181 Å². The molecule has 1 aliphatic carbocycles. The van der Waals surface area contributed by atoms with E-state index in [4.69, 9.17) is 26.2 Å². The minimum atomic E-state index is -0.765. The molecule has 0 saturated heterocycles. The third-order valence-electron chi connectivity index (χ3n) is 6.29. The average molecular weight is 425 g/mol. The molecule has 0 N–H and O–H groups in total. The predicted molar refractivity (Wildman–Crippen MR) is 116 cm³/mol. The van der Waals surface area contributed by atoms with Crippen LogP contribution in [0.4, 0.5) is 0 Å². The van der Waals surface area contributed by atoms with Crippen LogP contribution in [-0.4, -0.2) is 29.3 Å². The molecule has 2 unspecified atom stereocenters. The lowest BCUT2D eigenvalue weighted by molar-refractivity contribution is -0.171. The van der Waals surface area contributed by atoms with E-state index in [2.05, 4.69) is 13.8 Å². The molecule has 2 atom stereocenters. The van der Waals surface area contributed by atoms with Gasteiger partial charge in [-0.05, 0) is 53.4 Å². The summed E-state index contributed by atoms with van der Waals surface area (Å²) in [7, 11) is 1.66. The van der Waals surface area contributed by atoms with Gasteiger partial charge in [0.15, 0.2) is 0 Å². The monoisotopic (exact) mass is 424 g/mol. The van der Waals surface area contributed by atoms with Gasteiger partial charge in [0.2, 0.25) is 5.72 Å². The lowest BCUT2D eigenvalue weighted by Crippen LogP contribution is -2.59. The number of halogens is 1. The van der Waals surface area contributed by atoms with Crippen LogP contribution in [0.5, 0.6) is 11.5 Å². The maximum atomic E-state index is 12.7. The number of hydrogen-bond acceptors (Lipinski definition) is 5. The van der Waals surface area contributed by atoms with Crippen molar-refractivity contribution < 1.29 is 14.3 Å². The summed E-state index contributed by atoms with van der Waals surface area (Å²) in [5.41, 5.74) is 2.14. The summed E-state index contributed by atoms with van der Waals surface area (Å²) in [5, 5.41) is 7.75. The molecule has 1 saturated carbocycles. The summed E-state index contributed by atoms with van der Waals surface area (Å²) in [6, 6.07) is 13.7. The molecule has 0 aromatic heterocycles. The Morgan fingerprint density at radius 1 is 1.17 bits per heavy atom. The van der Waals surface area contributed by atoms with Crippen molar-refractivity contribution in [1.29, 1.82) is 0 Å². The third kappa shape index (κ3) is 3.16. The second-order valence-corrected chi connectivity index (χ2v) is 9.74. The van der Waals surface area contributed by atoms with Crippen LogP contribution in [0.3, 0.4) is 0 Å². The zero-order valence-electron chi connectivity index (χ0n) is 17.4. The summed E-state index contributed by atoms with van der Waals surface area (Å²) in [4.78, 5) is 12.7. The standard InChI is InChI=1S/C24H25ClN2O3/c1-23(2)12-17(28)13-24(14-23)27-21(19-10-16(25)6-9-22(19)30-24)11-20(26-27)15-4-7-18(29-3)8-5-15/h4-10,21H,11-14H2,1-3H3. The molecule has 2 heterocycles. The number of ketones is 1. The molecule has 6 heteroatoms. The Hall–Kier alpha value is -2.53. The fraction of sp³-hybridized carbons (Fsp3) is 0.417. The molecule has 5 rings (SSSR count). The number of nitrogens with zero attached hydrogens (tertiary/aromatic N) is 2. The average Bonchev–Trinajstić information content (AvgIpc) is 3.14. The Balaban J connectivity index is 1.61. The van der Waals surface area contributed by atoms with Gasteiger partial charge in [0.05, 0.1) is 25.3 Å². The molecule has 30 heavy (non-hydrogen) atoms. The van der Waals surface area contributed by atoms with Gasteiger partial charge in [-0.3, -0.25) is 4.79 Å². The zero-order chi connectivity index (χ0) is 21.1. The van der Waals surface area contributed by atoms with Crippen molar-refractivity contribution in [2.75, 3.05) is 7.11 Å². The van der Waals surface area contributed by atoms with E-state index in [0.717, 1.165) is 41.2 Å². The van der Waals surface area contributed by atoms with Crippen LogP contribution in [0.15, 0.2) is 47.6 Å². The van der Waals surface area contributed by atoms with E-state index < -0.39 is 5.72 Å². The number of Topliss-reactive ketones (excluding diaryl/α,β-unsaturated/α-hetero) is 1. The molecule has 2 aromatic carbocycles. The lowest BCUT2D eigenvalue weighted by Gasteiger charge is -2.52. The predicted octanol–water partition coefficient (Wildman–Crippen LogP) is 5.37. The minimum absolute atomic E-state index is 0.00810. The normalized spacial score (nSPS) is 26.7. The van der Waals surface area contributed by atoms with E-state index in [1.165, 1.54) is 0 Å². The highest BCUT2D eigenvalue weighted by atomic mass is 35.5. The molecule has 3 aliphatic rings. The van der Waals surface area contributed by atoms with Crippen molar-refractivity contribution in [3.05, 3.63) is 58.6 Å². The van der Waals surface area contributed by atoms with Gasteiger partial charge >= 0.3 is 0 Å². The first kappa shape index (κ1) is 19.4. The van der Waals surface area contributed by atoms with Crippen LogP contribution in [0, 0.1) is 5.41 Å². The van der Waals surface area contributed by atoms with Gasteiger partial charge in [-0.2, -0.15) is 5.10 Å². The van der Waals surface area contributed by atoms with Crippen LogP contribution in [0.25, 0.3) is 0 Å². The summed E-state index contributed by atoms with van der Waals surface area (Å²) < 4.78 is 11.9. The van der Waals surface area contributed by atoms with Gasteiger partial charge in [-0.15, -0.1) is 0 Å². The quantitative estimate of drug-likeness (QED) is 0.650. The number of fused-ring (bicyclic) bond motifs is 4. The highest BCUT2D eigenvalue weighted by Gasteiger charge is 2.56. The van der Waals surface area contributed by atoms with Gasteiger partial charge in [-0.1, -0.05) is 25.4 Å². The van der Waals surface area contributed by atoms with Crippen molar-refractivity contribution in [1.82, 2.24) is 5.01 Å². The molecule has 2 aliphatic heterocycles. The number of rotatable bonds is 2. The van der Waals surface area contributed by atoms with Crippen molar-refractivity contribution in [3.8, 4) is 11.5 Å². The van der Waals surface area contributed by atoms with Gasteiger partial charge in [0.1, 0.15) is 17.3 Å². The number of ether oxygens (including phenoxy) is 2. The van der Waals surface area contributed by atoms with Crippen LogP contribution >= 0.6 is 11.6 Å². The van der Waals surface area contributed by atoms with E-state index in [1.807, 2.05) is 47.5 Å². The minimum Gasteiger partial charge on any atom is -0.497 e. The summed E-state index contributed by atoms with van der Waals surface area (Å²) >= 11 is 6.32. The van der Waals surface area contributed by atoms with Crippen molar-refractivity contribution in [2.24, 2.45) is 10.5 Å². The Bertz CT molecular complexity index is 1050. The molecule has 1 spiro atoms. The smallest absolute Gasteiger partial charge is 0.205 e. The second-order valence-electron chi connectivity index (χ2n) is 9.30. The van der Waals surface area contributed by atoms with Crippen molar-refractivity contribution in [3.63, 3.8) is 0 Å². The lowest BCUT2D eigenvalue weighted by atomic mass is 9.71. The third-order valence-corrected chi connectivity index (χ3v) is 6.52. The molecular formula is C24H25ClN2O3. The first-order valence-corrected chi connectivity index (χ1v) is 10.7. The molecular weight excluding hydrogens is 400 g/mol. The zero-order valence-corrected chi connectivity index (χ0v) is 18.2. The Morgan fingerprint density at radius 2 is 1.93 bits per heavy atom. The van der Waals surface area contributed by atoms with Crippen LogP contribution in [0.2, 0.25) is 5.02 Å². The fourth-order valence-electron chi connectivity index (χ4n) is 5.22. The summed E-state index contributed by atoms with van der Waals surface area (Å²) in [6.07, 6.45) is 2.39.